The molecule has 30 heavy (non-hydrogen) atoms. The van der Waals surface area contributed by atoms with Crippen LogP contribution in [0.2, 0.25) is 15.1 Å². The molecule has 0 aliphatic heterocycles. The Morgan fingerprint density at radius 2 is 1.77 bits per heavy atom. The highest BCUT2D eigenvalue weighted by Crippen LogP contribution is 2.65. The molecule has 158 valence electrons. The molecule has 2 aromatic rings. The highest BCUT2D eigenvalue weighted by atomic mass is 35.5. The van der Waals surface area contributed by atoms with Crippen molar-refractivity contribution in [3.8, 4) is 0 Å². The molecule has 1 saturated carbocycles. The van der Waals surface area contributed by atoms with Crippen molar-refractivity contribution in [2.45, 2.75) is 10.3 Å². The minimum absolute atomic E-state index is 0.121. The lowest BCUT2D eigenvalue weighted by Crippen LogP contribution is -2.24. The second-order valence-electron chi connectivity index (χ2n) is 6.55. The maximum atomic E-state index is 12.8. The van der Waals surface area contributed by atoms with Crippen LogP contribution in [-0.2, 0) is 9.63 Å². The SMILES string of the molecule is C=CCONC(=O)c1cc(NC(=O)[C@@H]2[C@@H](c3cc(Cl)cc(Cl)c3)C2(Cl)Cl)ccc1Cl. The third kappa shape index (κ3) is 5.05. The van der Waals surface area contributed by atoms with Gasteiger partial charge >= 0.3 is 0 Å². The van der Waals surface area contributed by atoms with E-state index in [2.05, 4.69) is 17.4 Å². The van der Waals surface area contributed by atoms with Gasteiger partial charge in [-0.3, -0.25) is 14.4 Å². The van der Waals surface area contributed by atoms with Crippen molar-refractivity contribution >= 4 is 75.5 Å². The van der Waals surface area contributed by atoms with E-state index >= 15 is 0 Å². The molecule has 2 N–H and O–H groups in total. The van der Waals surface area contributed by atoms with Crippen molar-refractivity contribution in [3.05, 3.63) is 75.2 Å². The molecule has 5 nitrogen and oxygen atoms in total. The number of benzene rings is 2. The minimum Gasteiger partial charge on any atom is -0.326 e. The number of amides is 2. The second-order valence-corrected chi connectivity index (χ2v) is 9.27. The van der Waals surface area contributed by atoms with Gasteiger partial charge in [0.2, 0.25) is 5.91 Å². The fourth-order valence-electron chi connectivity index (χ4n) is 3.04. The molecule has 0 unspecified atom stereocenters. The van der Waals surface area contributed by atoms with Crippen LogP contribution in [0.4, 0.5) is 5.69 Å². The van der Waals surface area contributed by atoms with E-state index in [1.165, 1.54) is 18.2 Å². The topological polar surface area (TPSA) is 67.4 Å². The third-order valence-corrected chi connectivity index (χ3v) is 6.13. The quantitative estimate of drug-likeness (QED) is 0.208. The van der Waals surface area contributed by atoms with E-state index in [9.17, 15) is 9.59 Å². The summed E-state index contributed by atoms with van der Waals surface area (Å²) in [5.41, 5.74) is 3.36. The Hall–Kier alpha value is -1.47. The summed E-state index contributed by atoms with van der Waals surface area (Å²) in [5, 5.41) is 3.73. The second kappa shape index (κ2) is 9.35. The molecule has 1 aliphatic carbocycles. The highest BCUT2D eigenvalue weighted by Gasteiger charge is 2.67. The number of nitrogens with one attached hydrogen (secondary N) is 2. The first-order valence-electron chi connectivity index (χ1n) is 8.62. The molecular weight excluding hydrogens is 493 g/mol. The Balaban J connectivity index is 1.75. The predicted octanol–water partition coefficient (Wildman–Crippen LogP) is 6.02. The van der Waals surface area contributed by atoms with E-state index in [0.29, 0.717) is 21.3 Å². The molecule has 0 aromatic heterocycles. The highest BCUT2D eigenvalue weighted by molar-refractivity contribution is 6.53. The Bertz CT molecular complexity index is 992. The molecule has 0 spiro atoms. The molecule has 3 rings (SSSR count). The maximum Gasteiger partial charge on any atom is 0.276 e. The van der Waals surface area contributed by atoms with Crippen molar-refractivity contribution in [1.29, 1.82) is 0 Å². The Labute approximate surface area is 198 Å². The zero-order valence-corrected chi connectivity index (χ0v) is 19.0. The number of rotatable bonds is 7. The average molecular weight is 509 g/mol. The fourth-order valence-corrected chi connectivity index (χ4v) is 4.62. The number of carbonyl (C=O) groups is 2. The zero-order chi connectivity index (χ0) is 22.1. The Kier molecular flexibility index (Phi) is 7.23. The largest absolute Gasteiger partial charge is 0.326 e. The van der Waals surface area contributed by atoms with Crippen LogP contribution in [0.15, 0.2) is 49.1 Å². The number of hydrogen-bond donors (Lipinski definition) is 2. The van der Waals surface area contributed by atoms with E-state index < -0.39 is 28.0 Å². The number of alkyl halides is 2. The van der Waals surface area contributed by atoms with Gasteiger partial charge in [0.15, 0.2) is 0 Å². The first-order chi connectivity index (χ1) is 14.1. The summed E-state index contributed by atoms with van der Waals surface area (Å²) in [6.45, 7) is 3.61. The molecule has 0 bridgehead atoms. The van der Waals surface area contributed by atoms with Gasteiger partial charge in [-0.15, -0.1) is 29.8 Å². The molecule has 0 heterocycles. The van der Waals surface area contributed by atoms with E-state index in [1.807, 2.05) is 0 Å². The van der Waals surface area contributed by atoms with E-state index in [0.717, 1.165) is 0 Å². The summed E-state index contributed by atoms with van der Waals surface area (Å²) in [4.78, 5) is 29.9. The molecule has 0 saturated heterocycles. The van der Waals surface area contributed by atoms with Crippen LogP contribution in [0.5, 0.6) is 0 Å². The van der Waals surface area contributed by atoms with Crippen molar-refractivity contribution < 1.29 is 14.4 Å². The first kappa shape index (κ1) is 23.2. The number of halogens is 5. The van der Waals surface area contributed by atoms with Crippen LogP contribution < -0.4 is 10.8 Å². The summed E-state index contributed by atoms with van der Waals surface area (Å²) in [6.07, 6.45) is 1.47. The first-order valence-corrected chi connectivity index (χ1v) is 10.5. The van der Waals surface area contributed by atoms with Gasteiger partial charge in [0.25, 0.3) is 5.91 Å². The van der Waals surface area contributed by atoms with E-state index in [1.54, 1.807) is 24.3 Å². The Morgan fingerprint density at radius 3 is 2.40 bits per heavy atom. The minimum atomic E-state index is -1.32. The van der Waals surface area contributed by atoms with Gasteiger partial charge in [-0.1, -0.05) is 40.9 Å². The van der Waals surface area contributed by atoms with Gasteiger partial charge in [0.05, 0.1) is 23.1 Å². The summed E-state index contributed by atoms with van der Waals surface area (Å²) in [7, 11) is 0. The van der Waals surface area contributed by atoms with Gasteiger partial charge in [0, 0.05) is 21.7 Å². The lowest BCUT2D eigenvalue weighted by Gasteiger charge is -2.10. The summed E-state index contributed by atoms with van der Waals surface area (Å²) in [6, 6.07) is 9.37. The average Bonchev–Trinajstić information content (AvgIpc) is 3.25. The van der Waals surface area contributed by atoms with Gasteiger partial charge < -0.3 is 5.32 Å². The lowest BCUT2D eigenvalue weighted by molar-refractivity contribution is -0.117. The van der Waals surface area contributed by atoms with Crippen LogP contribution in [0.25, 0.3) is 0 Å². The summed E-state index contributed by atoms with van der Waals surface area (Å²) >= 11 is 30.9. The van der Waals surface area contributed by atoms with Gasteiger partial charge in [-0.25, -0.2) is 5.48 Å². The standard InChI is InChI=1S/C20H15Cl5N2O3/c1-2-5-30-27-18(28)14-9-13(3-4-15(14)23)26-19(29)17-16(20(17,24)25)10-6-11(21)8-12(22)7-10/h2-4,6-9,16-17H,1,5H2,(H,26,29)(H,27,28)/t16-,17+/m1/s1. The normalized spacial score (nSPS) is 19.1. The summed E-state index contributed by atoms with van der Waals surface area (Å²) in [5.74, 6) is -2.21. The zero-order valence-electron chi connectivity index (χ0n) is 15.2. The van der Waals surface area contributed by atoms with Crippen LogP contribution in [0.3, 0.4) is 0 Å². The molecular formula is C20H15Cl5N2O3. The monoisotopic (exact) mass is 506 g/mol. The summed E-state index contributed by atoms with van der Waals surface area (Å²) < 4.78 is -1.32. The predicted molar refractivity (Wildman–Crippen MR) is 121 cm³/mol. The maximum absolute atomic E-state index is 12.8. The molecule has 2 atom stereocenters. The molecule has 2 amide bonds. The smallest absolute Gasteiger partial charge is 0.276 e. The van der Waals surface area contributed by atoms with Crippen molar-refractivity contribution in [2.75, 3.05) is 11.9 Å². The Morgan fingerprint density at radius 1 is 1.10 bits per heavy atom. The molecule has 0 radical (unpaired) electrons. The van der Waals surface area contributed by atoms with E-state index in [-0.39, 0.29) is 17.2 Å². The van der Waals surface area contributed by atoms with Crippen LogP contribution in [0.1, 0.15) is 21.8 Å². The van der Waals surface area contributed by atoms with Crippen LogP contribution in [0, 0.1) is 5.92 Å². The van der Waals surface area contributed by atoms with E-state index in [4.69, 9.17) is 62.8 Å². The van der Waals surface area contributed by atoms with Gasteiger partial charge in [0.1, 0.15) is 4.33 Å². The number of carbonyl (C=O) groups excluding carboxylic acids is 2. The molecule has 1 fully saturated rings. The molecule has 1 aliphatic rings. The number of anilines is 1. The molecule has 10 heteroatoms. The van der Waals surface area contributed by atoms with Crippen molar-refractivity contribution in [2.24, 2.45) is 5.92 Å². The van der Waals surface area contributed by atoms with Crippen molar-refractivity contribution in [3.63, 3.8) is 0 Å². The van der Waals surface area contributed by atoms with Crippen LogP contribution >= 0.6 is 58.0 Å². The third-order valence-electron chi connectivity index (χ3n) is 4.42. The molecule has 2 aromatic carbocycles. The fraction of sp³-hybridized carbons (Fsp3) is 0.200. The number of hydrogen-bond acceptors (Lipinski definition) is 3. The lowest BCUT2D eigenvalue weighted by atomic mass is 10.1. The van der Waals surface area contributed by atoms with Crippen molar-refractivity contribution in [1.82, 2.24) is 5.48 Å². The number of hydroxylamine groups is 1. The van der Waals surface area contributed by atoms with Gasteiger partial charge in [-0.05, 0) is 42.0 Å². The van der Waals surface area contributed by atoms with Crippen LogP contribution in [-0.4, -0.2) is 22.8 Å². The van der Waals surface area contributed by atoms with Gasteiger partial charge in [-0.2, -0.15) is 0 Å².